The van der Waals surface area contributed by atoms with E-state index in [1.165, 1.54) is 0 Å². The van der Waals surface area contributed by atoms with E-state index in [-0.39, 0.29) is 13.0 Å². The Morgan fingerprint density at radius 2 is 1.71 bits per heavy atom. The zero-order chi connectivity index (χ0) is 13.4. The molecule has 0 fully saturated rings. The number of carboxylic acid groups (broad SMARTS) is 3. The molecule has 0 bridgehead atoms. The molecule has 0 heterocycles. The molecule has 0 spiro atoms. The summed E-state index contributed by atoms with van der Waals surface area (Å²) in [4.78, 5) is 42.9. The maximum absolute atomic E-state index is 10.9. The van der Waals surface area contributed by atoms with Gasteiger partial charge in [-0.25, -0.2) is 0 Å². The summed E-state index contributed by atoms with van der Waals surface area (Å²) in [5, 5.41) is 25.8. The Labute approximate surface area is 96.4 Å². The van der Waals surface area contributed by atoms with Gasteiger partial charge in [-0.3, -0.25) is 19.3 Å². The molecule has 0 radical (unpaired) electrons. The number of hydrogen-bond acceptors (Lipinski definition) is 5. The number of aldehydes is 1. The third-order valence-corrected chi connectivity index (χ3v) is 2.00. The summed E-state index contributed by atoms with van der Waals surface area (Å²) in [6.45, 7) is -1.00. The third kappa shape index (κ3) is 6.25. The third-order valence-electron chi connectivity index (χ3n) is 2.00. The number of carboxylic acids is 3. The molecule has 0 aromatic heterocycles. The molecule has 0 aliphatic rings. The second kappa shape index (κ2) is 7.34. The first-order valence-electron chi connectivity index (χ1n) is 4.72. The van der Waals surface area contributed by atoms with Gasteiger partial charge in [0.15, 0.2) is 0 Å². The summed E-state index contributed by atoms with van der Waals surface area (Å²) in [6, 6.07) is -1.30. The van der Waals surface area contributed by atoms with E-state index in [2.05, 4.69) is 0 Å². The molecule has 0 rings (SSSR count). The van der Waals surface area contributed by atoms with Crippen LogP contribution in [0.2, 0.25) is 0 Å². The van der Waals surface area contributed by atoms with Crippen molar-refractivity contribution in [2.75, 3.05) is 13.1 Å². The van der Waals surface area contributed by atoms with E-state index < -0.39 is 36.9 Å². The van der Waals surface area contributed by atoms with Crippen molar-refractivity contribution in [1.29, 1.82) is 0 Å². The van der Waals surface area contributed by atoms with Crippen molar-refractivity contribution < 1.29 is 34.5 Å². The average molecular weight is 247 g/mol. The second-order valence-corrected chi connectivity index (χ2v) is 3.28. The summed E-state index contributed by atoms with van der Waals surface area (Å²) in [6.07, 6.45) is -0.294. The monoisotopic (exact) mass is 247 g/mol. The van der Waals surface area contributed by atoms with Crippen molar-refractivity contribution in [1.82, 2.24) is 4.90 Å². The molecular weight excluding hydrogens is 234 g/mol. The van der Waals surface area contributed by atoms with Crippen LogP contribution in [0.25, 0.3) is 0 Å². The van der Waals surface area contributed by atoms with Gasteiger partial charge in [0.05, 0.1) is 13.1 Å². The summed E-state index contributed by atoms with van der Waals surface area (Å²) in [5.41, 5.74) is 0. The van der Waals surface area contributed by atoms with Crippen molar-refractivity contribution in [2.45, 2.75) is 18.9 Å². The fourth-order valence-corrected chi connectivity index (χ4v) is 1.29. The molecule has 8 nitrogen and oxygen atoms in total. The van der Waals surface area contributed by atoms with Crippen molar-refractivity contribution in [3.8, 4) is 0 Å². The average Bonchev–Trinajstić information content (AvgIpc) is 2.16. The number of rotatable bonds is 9. The maximum atomic E-state index is 10.9. The van der Waals surface area contributed by atoms with E-state index in [1.807, 2.05) is 0 Å². The quantitative estimate of drug-likeness (QED) is 0.437. The van der Waals surface area contributed by atoms with Crippen LogP contribution in [0.5, 0.6) is 0 Å². The van der Waals surface area contributed by atoms with Crippen LogP contribution in [0.15, 0.2) is 0 Å². The molecule has 17 heavy (non-hydrogen) atoms. The maximum Gasteiger partial charge on any atom is 0.320 e. The number of nitrogens with zero attached hydrogens (tertiary/aromatic N) is 1. The SMILES string of the molecule is O=CCN(CC(=O)O)C(CCC(=O)O)C(=O)O. The molecule has 3 N–H and O–H groups in total. The lowest BCUT2D eigenvalue weighted by Gasteiger charge is -2.24. The topological polar surface area (TPSA) is 132 Å². The van der Waals surface area contributed by atoms with Gasteiger partial charge < -0.3 is 20.1 Å². The first-order chi connectivity index (χ1) is 7.88. The molecule has 0 amide bonds. The van der Waals surface area contributed by atoms with Gasteiger partial charge in [-0.15, -0.1) is 0 Å². The Morgan fingerprint density at radius 1 is 1.12 bits per heavy atom. The van der Waals surface area contributed by atoms with E-state index in [9.17, 15) is 19.2 Å². The molecule has 0 saturated heterocycles. The molecule has 96 valence electrons. The Hall–Kier alpha value is -1.96. The highest BCUT2D eigenvalue weighted by molar-refractivity contribution is 5.77. The van der Waals surface area contributed by atoms with Crippen molar-refractivity contribution in [3.63, 3.8) is 0 Å². The fraction of sp³-hybridized carbons (Fsp3) is 0.556. The van der Waals surface area contributed by atoms with Crippen LogP contribution in [0.1, 0.15) is 12.8 Å². The van der Waals surface area contributed by atoms with E-state index in [0.717, 1.165) is 4.90 Å². The van der Waals surface area contributed by atoms with Crippen LogP contribution in [0.4, 0.5) is 0 Å². The first-order valence-corrected chi connectivity index (χ1v) is 4.72. The summed E-state index contributed by atoms with van der Waals surface area (Å²) in [5.74, 6) is -3.82. The van der Waals surface area contributed by atoms with Gasteiger partial charge in [0, 0.05) is 6.42 Å². The van der Waals surface area contributed by atoms with Crippen LogP contribution >= 0.6 is 0 Å². The smallest absolute Gasteiger partial charge is 0.320 e. The summed E-state index contributed by atoms with van der Waals surface area (Å²) < 4.78 is 0. The molecule has 1 atom stereocenters. The predicted molar refractivity (Wildman–Crippen MR) is 53.6 cm³/mol. The number of carbonyl (C=O) groups excluding carboxylic acids is 1. The van der Waals surface area contributed by atoms with Crippen LogP contribution in [0, 0.1) is 0 Å². The minimum Gasteiger partial charge on any atom is -0.481 e. The minimum absolute atomic E-state index is 0.258. The molecule has 0 aliphatic heterocycles. The number of carbonyl (C=O) groups is 4. The zero-order valence-corrected chi connectivity index (χ0v) is 8.90. The van der Waals surface area contributed by atoms with E-state index in [0.29, 0.717) is 6.29 Å². The van der Waals surface area contributed by atoms with E-state index in [1.54, 1.807) is 0 Å². The van der Waals surface area contributed by atoms with Crippen molar-refractivity contribution in [3.05, 3.63) is 0 Å². The second-order valence-electron chi connectivity index (χ2n) is 3.28. The first kappa shape index (κ1) is 15.0. The molecule has 0 aliphatic carbocycles. The van der Waals surface area contributed by atoms with Gasteiger partial charge in [0.25, 0.3) is 0 Å². The normalized spacial score (nSPS) is 12.1. The Balaban J connectivity index is 4.68. The minimum atomic E-state index is -1.35. The van der Waals surface area contributed by atoms with Crippen molar-refractivity contribution in [2.24, 2.45) is 0 Å². The standard InChI is InChI=1S/C9H13NO7/c11-4-3-10(5-8(14)15)6(9(16)17)1-2-7(12)13/h4,6H,1-3,5H2,(H,12,13)(H,14,15)(H,16,17). The zero-order valence-electron chi connectivity index (χ0n) is 8.90. The molecule has 8 heteroatoms. The van der Waals surface area contributed by atoms with Crippen molar-refractivity contribution >= 4 is 24.2 Å². The Kier molecular flexibility index (Phi) is 6.49. The predicted octanol–water partition coefficient (Wildman–Crippen LogP) is -1.11. The Morgan fingerprint density at radius 3 is 2.06 bits per heavy atom. The molecule has 1 unspecified atom stereocenters. The lowest BCUT2D eigenvalue weighted by Crippen LogP contribution is -2.45. The largest absolute Gasteiger partial charge is 0.481 e. The van der Waals surface area contributed by atoms with E-state index >= 15 is 0 Å². The fourth-order valence-electron chi connectivity index (χ4n) is 1.29. The molecule has 0 aromatic rings. The van der Waals surface area contributed by atoms with Crippen LogP contribution in [0.3, 0.4) is 0 Å². The van der Waals surface area contributed by atoms with Gasteiger partial charge >= 0.3 is 17.9 Å². The van der Waals surface area contributed by atoms with Gasteiger partial charge in [-0.1, -0.05) is 0 Å². The Bertz CT molecular complexity index is 314. The highest BCUT2D eigenvalue weighted by Crippen LogP contribution is 2.07. The van der Waals surface area contributed by atoms with Crippen LogP contribution in [-0.2, 0) is 19.2 Å². The van der Waals surface area contributed by atoms with Gasteiger partial charge in [-0.2, -0.15) is 0 Å². The summed E-state index contributed by atoms with van der Waals surface area (Å²) in [7, 11) is 0. The van der Waals surface area contributed by atoms with Crippen LogP contribution < -0.4 is 0 Å². The number of hydrogen-bond donors (Lipinski definition) is 3. The molecular formula is C9H13NO7. The highest BCUT2D eigenvalue weighted by atomic mass is 16.4. The van der Waals surface area contributed by atoms with E-state index in [4.69, 9.17) is 15.3 Å². The van der Waals surface area contributed by atoms with Gasteiger partial charge in [-0.05, 0) is 6.42 Å². The number of aliphatic carboxylic acids is 3. The lowest BCUT2D eigenvalue weighted by atomic mass is 10.1. The van der Waals surface area contributed by atoms with Gasteiger partial charge in [0.1, 0.15) is 12.3 Å². The lowest BCUT2D eigenvalue weighted by molar-refractivity contribution is -0.147. The highest BCUT2D eigenvalue weighted by Gasteiger charge is 2.27. The molecule has 0 saturated carbocycles. The molecule has 0 aromatic carbocycles. The van der Waals surface area contributed by atoms with Gasteiger partial charge in [0.2, 0.25) is 0 Å². The summed E-state index contributed by atoms with van der Waals surface area (Å²) >= 11 is 0. The van der Waals surface area contributed by atoms with Crippen LogP contribution in [-0.4, -0.2) is 63.5 Å².